The van der Waals surface area contributed by atoms with Gasteiger partial charge in [-0.2, -0.15) is 0 Å². The summed E-state index contributed by atoms with van der Waals surface area (Å²) in [5, 5.41) is 9.39. The molecule has 3 rings (SSSR count). The number of nitrogens with zero attached hydrogens (tertiary/aromatic N) is 1. The molecule has 142 valence electrons. The first kappa shape index (κ1) is 19.0. The first-order valence-corrected chi connectivity index (χ1v) is 10.5. The average Bonchev–Trinajstić information content (AvgIpc) is 3.21. The summed E-state index contributed by atoms with van der Waals surface area (Å²) in [5.41, 5.74) is 0.908. The lowest BCUT2D eigenvalue weighted by Crippen LogP contribution is -2.43. The second-order valence-electron chi connectivity index (χ2n) is 6.65. The fraction of sp³-hybridized carbons (Fsp3) is 0.529. The second-order valence-corrected chi connectivity index (χ2v) is 9.11. The molecule has 0 saturated carbocycles. The third-order valence-corrected chi connectivity index (χ3v) is 6.37. The number of hydrogen-bond donors (Lipinski definition) is 2. The lowest BCUT2D eigenvalue weighted by atomic mass is 10.1. The molecule has 0 aliphatic carbocycles. The molecule has 2 N–H and O–H groups in total. The van der Waals surface area contributed by atoms with Crippen molar-refractivity contribution in [3.63, 3.8) is 0 Å². The fourth-order valence-electron chi connectivity index (χ4n) is 3.36. The van der Waals surface area contributed by atoms with E-state index in [0.29, 0.717) is 19.6 Å². The van der Waals surface area contributed by atoms with Gasteiger partial charge in [-0.05, 0) is 12.0 Å². The normalized spacial score (nSPS) is 23.9. The second kappa shape index (κ2) is 7.48. The predicted octanol–water partition coefficient (Wildman–Crippen LogP) is 0.928. The lowest BCUT2D eigenvalue weighted by Gasteiger charge is -2.24. The Kier molecular flexibility index (Phi) is 5.48. The van der Waals surface area contributed by atoms with Crippen molar-refractivity contribution in [2.45, 2.75) is 24.7 Å². The molecule has 2 aliphatic rings. The molecule has 2 heterocycles. The maximum absolute atomic E-state index is 12.5. The van der Waals surface area contributed by atoms with E-state index in [9.17, 15) is 24.2 Å². The number of likely N-dealkylation sites (tertiary alicyclic amines) is 1. The van der Waals surface area contributed by atoms with Crippen molar-refractivity contribution in [2.75, 3.05) is 32.1 Å². The molecule has 1 aromatic rings. The van der Waals surface area contributed by atoms with E-state index in [-0.39, 0.29) is 19.1 Å². The van der Waals surface area contributed by atoms with Gasteiger partial charge in [0.2, 0.25) is 13.3 Å². The maximum Gasteiger partial charge on any atom is 0.326 e. The number of carbonyl (C=O) groups excluding carboxylic acids is 1. The average molecular weight is 383 g/mol. The highest BCUT2D eigenvalue weighted by Crippen LogP contribution is 2.43. The van der Waals surface area contributed by atoms with Gasteiger partial charge in [0.1, 0.15) is 12.2 Å². The summed E-state index contributed by atoms with van der Waals surface area (Å²) in [4.78, 5) is 35.3. The number of ether oxygens (including phenoxy) is 2. The van der Waals surface area contributed by atoms with Crippen LogP contribution in [0.15, 0.2) is 30.3 Å². The summed E-state index contributed by atoms with van der Waals surface area (Å²) < 4.78 is 23.4. The van der Waals surface area contributed by atoms with Crippen LogP contribution in [-0.2, 0) is 30.0 Å². The molecule has 2 aliphatic heterocycles. The van der Waals surface area contributed by atoms with Gasteiger partial charge >= 0.3 is 5.97 Å². The van der Waals surface area contributed by atoms with Crippen LogP contribution in [0.5, 0.6) is 0 Å². The zero-order valence-electron chi connectivity index (χ0n) is 14.2. The van der Waals surface area contributed by atoms with Crippen molar-refractivity contribution >= 4 is 19.2 Å². The van der Waals surface area contributed by atoms with Gasteiger partial charge in [-0.25, -0.2) is 4.79 Å². The van der Waals surface area contributed by atoms with Crippen molar-refractivity contribution < 1.29 is 33.6 Å². The quantitative estimate of drug-likeness (QED) is 0.703. The van der Waals surface area contributed by atoms with Crippen molar-refractivity contribution in [3.05, 3.63) is 35.9 Å². The van der Waals surface area contributed by atoms with Gasteiger partial charge in [-0.15, -0.1) is 0 Å². The molecule has 9 heteroatoms. The molecule has 2 saturated heterocycles. The molecule has 26 heavy (non-hydrogen) atoms. The van der Waals surface area contributed by atoms with E-state index in [2.05, 4.69) is 0 Å². The van der Waals surface area contributed by atoms with Crippen LogP contribution in [0, 0.1) is 0 Å². The minimum absolute atomic E-state index is 0.0216. The van der Waals surface area contributed by atoms with Crippen molar-refractivity contribution in [2.24, 2.45) is 0 Å². The summed E-state index contributed by atoms with van der Waals surface area (Å²) >= 11 is 0. The number of aliphatic carboxylic acids is 1. The number of carboxylic acid groups (broad SMARTS) is 1. The van der Waals surface area contributed by atoms with Gasteiger partial charge in [0.25, 0.3) is 0 Å². The Morgan fingerprint density at radius 3 is 2.50 bits per heavy atom. The number of aryl methyl sites for hydroxylation is 1. The van der Waals surface area contributed by atoms with E-state index in [1.807, 2.05) is 30.3 Å². The van der Waals surface area contributed by atoms with Gasteiger partial charge in [-0.1, -0.05) is 30.3 Å². The molecule has 2 atom stereocenters. The van der Waals surface area contributed by atoms with Crippen LogP contribution < -0.4 is 0 Å². The van der Waals surface area contributed by atoms with Gasteiger partial charge < -0.3 is 24.4 Å². The van der Waals surface area contributed by atoms with E-state index in [1.54, 1.807) is 0 Å². The van der Waals surface area contributed by atoms with Crippen LogP contribution in [0.2, 0.25) is 0 Å². The third kappa shape index (κ3) is 4.32. The molecule has 1 spiro atoms. The Bertz CT molecular complexity index is 717. The van der Waals surface area contributed by atoms with Gasteiger partial charge in [0.05, 0.1) is 19.8 Å². The first-order valence-electron chi connectivity index (χ1n) is 8.45. The Balaban J connectivity index is 1.63. The van der Waals surface area contributed by atoms with Gasteiger partial charge in [-0.3, -0.25) is 9.36 Å². The number of rotatable bonds is 6. The first-order chi connectivity index (χ1) is 12.3. The van der Waals surface area contributed by atoms with Crippen LogP contribution >= 0.6 is 7.37 Å². The zero-order chi connectivity index (χ0) is 18.8. The number of benzene rings is 1. The smallest absolute Gasteiger partial charge is 0.326 e. The number of amides is 1. The highest BCUT2D eigenvalue weighted by molar-refractivity contribution is 7.58. The molecule has 0 radical (unpaired) electrons. The highest BCUT2D eigenvalue weighted by Gasteiger charge is 2.53. The van der Waals surface area contributed by atoms with Crippen LogP contribution in [-0.4, -0.2) is 70.7 Å². The summed E-state index contributed by atoms with van der Waals surface area (Å²) in [6, 6.07) is 8.11. The largest absolute Gasteiger partial charge is 0.480 e. The minimum Gasteiger partial charge on any atom is -0.480 e. The van der Waals surface area contributed by atoms with Crippen LogP contribution in [0.25, 0.3) is 0 Å². The number of hydrogen-bond acceptors (Lipinski definition) is 5. The molecule has 1 unspecified atom stereocenters. The van der Waals surface area contributed by atoms with E-state index in [1.165, 1.54) is 0 Å². The Morgan fingerprint density at radius 2 is 1.88 bits per heavy atom. The summed E-state index contributed by atoms with van der Waals surface area (Å²) in [5.74, 6) is -2.94. The topological polar surface area (TPSA) is 113 Å². The Hall–Kier alpha value is -1.73. The van der Waals surface area contributed by atoms with Crippen LogP contribution in [0.4, 0.5) is 0 Å². The van der Waals surface area contributed by atoms with Crippen molar-refractivity contribution in [3.8, 4) is 0 Å². The van der Waals surface area contributed by atoms with Gasteiger partial charge in [0, 0.05) is 12.6 Å². The number of carboxylic acids is 1. The van der Waals surface area contributed by atoms with E-state index in [4.69, 9.17) is 9.47 Å². The standard InChI is InChI=1S/C17H22NO7P/c19-15(11-26(22,23)9-6-13-4-2-1-3-5-13)18-12-17(24-7-8-25-17)10-14(18)16(20)21/h1-5,14H,6-12H2,(H,20,21)(H,22,23)/t14-/m0/s1. The summed E-state index contributed by atoms with van der Waals surface area (Å²) in [7, 11) is -3.73. The molecule has 0 bridgehead atoms. The van der Waals surface area contributed by atoms with Crippen LogP contribution in [0.1, 0.15) is 12.0 Å². The lowest BCUT2D eigenvalue weighted by molar-refractivity contribution is -0.151. The monoisotopic (exact) mass is 383 g/mol. The SMILES string of the molecule is O=C(O)[C@@H]1CC2(CN1C(=O)CP(=O)(O)CCc1ccccc1)OCCO2. The Morgan fingerprint density at radius 1 is 1.23 bits per heavy atom. The molecule has 1 amide bonds. The third-order valence-electron chi connectivity index (χ3n) is 4.69. The van der Waals surface area contributed by atoms with E-state index >= 15 is 0 Å². The van der Waals surface area contributed by atoms with Crippen LogP contribution in [0.3, 0.4) is 0 Å². The number of carbonyl (C=O) groups is 2. The zero-order valence-corrected chi connectivity index (χ0v) is 15.1. The molecule has 0 aromatic heterocycles. The van der Waals surface area contributed by atoms with Gasteiger partial charge in [0.15, 0.2) is 5.79 Å². The molecule has 8 nitrogen and oxygen atoms in total. The highest BCUT2D eigenvalue weighted by atomic mass is 31.2. The molecular formula is C17H22NO7P. The van der Waals surface area contributed by atoms with E-state index < -0.39 is 37.2 Å². The summed E-state index contributed by atoms with van der Waals surface area (Å²) in [6.07, 6.45) is -0.222. The Labute approximate surface area is 151 Å². The molecule has 2 fully saturated rings. The summed E-state index contributed by atoms with van der Waals surface area (Å²) in [6.45, 7) is 0.634. The van der Waals surface area contributed by atoms with E-state index in [0.717, 1.165) is 10.5 Å². The fourth-order valence-corrected chi connectivity index (χ4v) is 4.73. The van der Waals surface area contributed by atoms with Crippen molar-refractivity contribution in [1.29, 1.82) is 0 Å². The molecule has 1 aromatic carbocycles. The molecular weight excluding hydrogens is 361 g/mol. The van der Waals surface area contributed by atoms with Crippen molar-refractivity contribution in [1.82, 2.24) is 4.90 Å². The predicted molar refractivity (Wildman–Crippen MR) is 92.1 cm³/mol. The minimum atomic E-state index is -3.73. The maximum atomic E-state index is 12.5.